The summed E-state index contributed by atoms with van der Waals surface area (Å²) in [5, 5.41) is 11.4. The lowest BCUT2D eigenvalue weighted by molar-refractivity contribution is 0.883. The summed E-state index contributed by atoms with van der Waals surface area (Å²) in [5.74, 6) is 0.656. The van der Waals surface area contributed by atoms with Crippen molar-refractivity contribution < 1.29 is 0 Å². The Hall–Kier alpha value is -1.52. The van der Waals surface area contributed by atoms with Crippen LogP contribution in [-0.2, 0) is 6.42 Å². The molecule has 3 nitrogen and oxygen atoms in total. The van der Waals surface area contributed by atoms with Gasteiger partial charge in [-0.25, -0.2) is 4.98 Å². The third-order valence-electron chi connectivity index (χ3n) is 2.81. The first-order valence-electron chi connectivity index (χ1n) is 6.11. The van der Waals surface area contributed by atoms with E-state index < -0.39 is 0 Å². The number of nitrogens with zero attached hydrogens (tertiary/aromatic N) is 3. The number of rotatable bonds is 4. The summed E-state index contributed by atoms with van der Waals surface area (Å²) in [4.78, 5) is 4.62. The van der Waals surface area contributed by atoms with Gasteiger partial charge in [0.25, 0.3) is 0 Å². The van der Waals surface area contributed by atoms with Gasteiger partial charge in [0.1, 0.15) is 10.7 Å². The van der Waals surface area contributed by atoms with Gasteiger partial charge >= 0.3 is 0 Å². The molecule has 0 unspecified atom stereocenters. The van der Waals surface area contributed by atoms with Crippen molar-refractivity contribution in [2.45, 2.75) is 12.8 Å². The normalized spacial score (nSPS) is 11.0. The smallest absolute Gasteiger partial charge is 0.166 e. The van der Waals surface area contributed by atoms with Crippen LogP contribution in [0.15, 0.2) is 36.4 Å². The maximum absolute atomic E-state index is 5.68. The molecule has 0 radical (unpaired) electrons. The number of alkyl halides is 1. The lowest BCUT2D eigenvalue weighted by Gasteiger charge is -1.98. The minimum Gasteiger partial charge on any atom is -0.245 e. The van der Waals surface area contributed by atoms with Crippen LogP contribution in [0, 0.1) is 0 Å². The maximum atomic E-state index is 5.68. The molecule has 2 aromatic heterocycles. The Bertz CT molecular complexity index is 696. The largest absolute Gasteiger partial charge is 0.245 e. The van der Waals surface area contributed by atoms with Gasteiger partial charge in [0.2, 0.25) is 0 Å². The highest BCUT2D eigenvalue weighted by Crippen LogP contribution is 2.24. The van der Waals surface area contributed by atoms with E-state index in [0.717, 1.165) is 39.5 Å². The summed E-state index contributed by atoms with van der Waals surface area (Å²) in [6.45, 7) is 0. The summed E-state index contributed by atoms with van der Waals surface area (Å²) in [7, 11) is 0. The number of fused-ring (bicyclic) bond motifs is 1. The minimum absolute atomic E-state index is 0.656. The van der Waals surface area contributed by atoms with Gasteiger partial charge in [-0.2, -0.15) is 0 Å². The molecular weight excluding hydrogens is 278 g/mol. The quantitative estimate of drug-likeness (QED) is 0.683. The van der Waals surface area contributed by atoms with E-state index in [2.05, 4.69) is 27.3 Å². The second-order valence-electron chi connectivity index (χ2n) is 4.18. The average molecular weight is 290 g/mol. The Morgan fingerprint density at radius 3 is 2.84 bits per heavy atom. The van der Waals surface area contributed by atoms with Crippen molar-refractivity contribution >= 4 is 33.8 Å². The van der Waals surface area contributed by atoms with Crippen LogP contribution in [0.2, 0.25) is 0 Å². The molecule has 0 aliphatic carbocycles. The van der Waals surface area contributed by atoms with Crippen molar-refractivity contribution in [3.63, 3.8) is 0 Å². The van der Waals surface area contributed by atoms with Crippen molar-refractivity contribution in [1.29, 1.82) is 0 Å². The predicted octanol–water partition coefficient (Wildman–Crippen LogP) is 3.92. The Labute approximate surface area is 120 Å². The second-order valence-corrected chi connectivity index (χ2v) is 5.62. The summed E-state index contributed by atoms with van der Waals surface area (Å²) in [6.07, 6.45) is 1.82. The van der Waals surface area contributed by atoms with Gasteiger partial charge in [-0.3, -0.25) is 0 Å². The van der Waals surface area contributed by atoms with Crippen LogP contribution in [0.3, 0.4) is 0 Å². The molecule has 0 atom stereocenters. The number of pyridine rings is 1. The number of hydrogen-bond donors (Lipinski definition) is 0. The van der Waals surface area contributed by atoms with Gasteiger partial charge in [-0.05, 0) is 18.6 Å². The van der Waals surface area contributed by atoms with E-state index in [4.69, 9.17) is 11.6 Å². The van der Waals surface area contributed by atoms with Gasteiger partial charge in [-0.1, -0.05) is 35.6 Å². The molecular formula is C14H12ClN3S. The lowest BCUT2D eigenvalue weighted by atomic mass is 10.2. The summed E-state index contributed by atoms with van der Waals surface area (Å²) in [5.41, 5.74) is 1.87. The molecule has 3 rings (SSSR count). The first-order valence-corrected chi connectivity index (χ1v) is 7.46. The topological polar surface area (TPSA) is 38.7 Å². The van der Waals surface area contributed by atoms with Crippen molar-refractivity contribution in [3.8, 4) is 10.7 Å². The monoisotopic (exact) mass is 289 g/mol. The van der Waals surface area contributed by atoms with E-state index >= 15 is 0 Å². The Kier molecular flexibility index (Phi) is 3.71. The SMILES string of the molecule is ClCCCc1nnc(-c2ccc3ccccc3n2)s1. The molecule has 0 aliphatic heterocycles. The molecule has 3 aromatic rings. The van der Waals surface area contributed by atoms with Crippen molar-refractivity contribution in [2.75, 3.05) is 5.88 Å². The van der Waals surface area contributed by atoms with Crippen LogP contribution in [0.5, 0.6) is 0 Å². The van der Waals surface area contributed by atoms with Gasteiger partial charge in [-0.15, -0.1) is 21.8 Å². The molecule has 0 fully saturated rings. The molecule has 0 amide bonds. The number of benzene rings is 1. The summed E-state index contributed by atoms with van der Waals surface area (Å²) >= 11 is 7.28. The second kappa shape index (κ2) is 5.63. The lowest BCUT2D eigenvalue weighted by Crippen LogP contribution is -1.85. The average Bonchev–Trinajstić information content (AvgIpc) is 2.93. The van der Waals surface area contributed by atoms with Crippen molar-refractivity contribution in [3.05, 3.63) is 41.4 Å². The highest BCUT2D eigenvalue weighted by Gasteiger charge is 2.08. The molecule has 0 saturated carbocycles. The Morgan fingerprint density at radius 1 is 1.05 bits per heavy atom. The number of halogens is 1. The van der Waals surface area contributed by atoms with E-state index in [1.807, 2.05) is 24.3 Å². The van der Waals surface area contributed by atoms with E-state index in [1.165, 1.54) is 0 Å². The first kappa shape index (κ1) is 12.5. The van der Waals surface area contributed by atoms with E-state index in [0.29, 0.717) is 5.88 Å². The summed E-state index contributed by atoms with van der Waals surface area (Å²) < 4.78 is 0. The minimum atomic E-state index is 0.656. The standard InChI is InChI=1S/C14H12ClN3S/c15-9-3-6-13-17-18-14(19-13)12-8-7-10-4-1-2-5-11(10)16-12/h1-2,4-5,7-8H,3,6,9H2. The molecule has 1 aromatic carbocycles. The number of aryl methyl sites for hydroxylation is 1. The zero-order valence-corrected chi connectivity index (χ0v) is 11.8. The fraction of sp³-hybridized carbons (Fsp3) is 0.214. The molecule has 5 heteroatoms. The number of hydrogen-bond acceptors (Lipinski definition) is 4. The van der Waals surface area contributed by atoms with Crippen molar-refractivity contribution in [2.24, 2.45) is 0 Å². The maximum Gasteiger partial charge on any atom is 0.166 e. The van der Waals surface area contributed by atoms with Gasteiger partial charge < -0.3 is 0 Å². The third kappa shape index (κ3) is 2.74. The number of aromatic nitrogens is 3. The molecule has 96 valence electrons. The molecule has 0 bridgehead atoms. The molecule has 0 spiro atoms. The molecule has 0 saturated heterocycles. The Balaban J connectivity index is 1.92. The zero-order valence-electron chi connectivity index (χ0n) is 10.2. The van der Waals surface area contributed by atoms with E-state index in [-0.39, 0.29) is 0 Å². The highest BCUT2D eigenvalue weighted by molar-refractivity contribution is 7.14. The van der Waals surface area contributed by atoms with Gasteiger partial charge in [0.05, 0.1) is 5.52 Å². The fourth-order valence-corrected chi connectivity index (χ4v) is 2.85. The van der Waals surface area contributed by atoms with E-state index in [9.17, 15) is 0 Å². The van der Waals surface area contributed by atoms with Crippen LogP contribution < -0.4 is 0 Å². The fourth-order valence-electron chi connectivity index (χ4n) is 1.86. The first-order chi connectivity index (χ1) is 9.36. The highest BCUT2D eigenvalue weighted by atomic mass is 35.5. The van der Waals surface area contributed by atoms with Crippen molar-refractivity contribution in [1.82, 2.24) is 15.2 Å². The number of para-hydroxylation sites is 1. The van der Waals surface area contributed by atoms with Crippen LogP contribution in [0.4, 0.5) is 0 Å². The van der Waals surface area contributed by atoms with Gasteiger partial charge in [0, 0.05) is 17.7 Å². The molecule has 0 N–H and O–H groups in total. The molecule has 19 heavy (non-hydrogen) atoms. The predicted molar refractivity (Wildman–Crippen MR) is 79.7 cm³/mol. The van der Waals surface area contributed by atoms with E-state index in [1.54, 1.807) is 11.3 Å². The Morgan fingerprint density at radius 2 is 1.95 bits per heavy atom. The van der Waals surface area contributed by atoms with Crippen LogP contribution in [0.25, 0.3) is 21.6 Å². The van der Waals surface area contributed by atoms with Gasteiger partial charge in [0.15, 0.2) is 5.01 Å². The molecule has 0 aliphatic rings. The summed E-state index contributed by atoms with van der Waals surface area (Å²) in [6, 6.07) is 12.1. The van der Waals surface area contributed by atoms with Crippen LogP contribution >= 0.6 is 22.9 Å². The third-order valence-corrected chi connectivity index (χ3v) is 4.08. The zero-order chi connectivity index (χ0) is 13.1. The van der Waals surface area contributed by atoms with Crippen LogP contribution in [0.1, 0.15) is 11.4 Å². The molecule has 2 heterocycles. The van der Waals surface area contributed by atoms with Crippen LogP contribution in [-0.4, -0.2) is 21.1 Å².